The normalized spacial score (nSPS) is 17.8. The van der Waals surface area contributed by atoms with E-state index in [0.29, 0.717) is 0 Å². The minimum Gasteiger partial charge on any atom is -0.423 e. The van der Waals surface area contributed by atoms with Crippen LogP contribution >= 0.6 is 0 Å². The Morgan fingerprint density at radius 1 is 1.12 bits per heavy atom. The van der Waals surface area contributed by atoms with E-state index >= 15 is 0 Å². The van der Waals surface area contributed by atoms with Crippen molar-refractivity contribution in [3.05, 3.63) is 42.0 Å². The maximum Gasteiger partial charge on any atom is 0.492 e. The largest absolute Gasteiger partial charge is 0.492 e. The van der Waals surface area contributed by atoms with Gasteiger partial charge < -0.3 is 9.68 Å². The Labute approximate surface area is 95.0 Å². The van der Waals surface area contributed by atoms with Crippen LogP contribution in [0.15, 0.2) is 36.4 Å². The quantitative estimate of drug-likeness (QED) is 0.674. The van der Waals surface area contributed by atoms with Gasteiger partial charge in [0.05, 0.1) is 5.60 Å². The van der Waals surface area contributed by atoms with E-state index in [4.69, 9.17) is 4.65 Å². The standard InChI is InChI=1S/C13H13BO2/c1-13(2)11-8-7-9-5-3-4-6-10(9)12(11)14(15)16-13/h3-8,15H,1-2H3. The van der Waals surface area contributed by atoms with Crippen molar-refractivity contribution in [2.24, 2.45) is 0 Å². The molecule has 0 aromatic heterocycles. The summed E-state index contributed by atoms with van der Waals surface area (Å²) in [6.07, 6.45) is 0. The summed E-state index contributed by atoms with van der Waals surface area (Å²) in [5.74, 6) is 0. The molecule has 2 aromatic carbocycles. The van der Waals surface area contributed by atoms with Crippen molar-refractivity contribution in [1.82, 2.24) is 0 Å². The first-order chi connectivity index (χ1) is 7.59. The molecule has 1 aliphatic rings. The molecule has 1 N–H and O–H groups in total. The van der Waals surface area contributed by atoms with Crippen molar-refractivity contribution in [2.75, 3.05) is 0 Å². The second-order valence-corrected chi connectivity index (χ2v) is 4.73. The molecule has 1 aliphatic heterocycles. The molecule has 0 radical (unpaired) electrons. The van der Waals surface area contributed by atoms with E-state index in [9.17, 15) is 5.02 Å². The first-order valence-electron chi connectivity index (χ1n) is 5.47. The highest BCUT2D eigenvalue weighted by molar-refractivity contribution is 6.65. The van der Waals surface area contributed by atoms with Gasteiger partial charge in [0.2, 0.25) is 0 Å². The van der Waals surface area contributed by atoms with Crippen LogP contribution in [0, 0.1) is 0 Å². The summed E-state index contributed by atoms with van der Waals surface area (Å²) in [7, 11) is -0.809. The zero-order chi connectivity index (χ0) is 11.3. The van der Waals surface area contributed by atoms with Gasteiger partial charge in [0.25, 0.3) is 0 Å². The van der Waals surface area contributed by atoms with Crippen LogP contribution in [0.5, 0.6) is 0 Å². The van der Waals surface area contributed by atoms with Crippen LogP contribution in [0.25, 0.3) is 10.8 Å². The average molecular weight is 212 g/mol. The van der Waals surface area contributed by atoms with Crippen molar-refractivity contribution in [3.8, 4) is 0 Å². The number of hydrogen-bond acceptors (Lipinski definition) is 2. The lowest BCUT2D eigenvalue weighted by molar-refractivity contribution is 0.101. The van der Waals surface area contributed by atoms with Gasteiger partial charge in [-0.15, -0.1) is 0 Å². The van der Waals surface area contributed by atoms with Gasteiger partial charge >= 0.3 is 7.12 Å². The fourth-order valence-corrected chi connectivity index (χ4v) is 2.49. The van der Waals surface area contributed by atoms with E-state index < -0.39 is 12.7 Å². The van der Waals surface area contributed by atoms with Crippen LogP contribution in [0.4, 0.5) is 0 Å². The van der Waals surface area contributed by atoms with Gasteiger partial charge in [0.15, 0.2) is 0 Å². The summed E-state index contributed by atoms with van der Waals surface area (Å²) in [5, 5.41) is 12.2. The SMILES string of the molecule is CC1(C)OB(O)c2c1ccc1ccccc21. The first kappa shape index (κ1) is 9.88. The lowest BCUT2D eigenvalue weighted by Crippen LogP contribution is -2.29. The summed E-state index contributed by atoms with van der Waals surface area (Å²) >= 11 is 0. The van der Waals surface area contributed by atoms with Crippen LogP contribution < -0.4 is 5.46 Å². The van der Waals surface area contributed by atoms with Crippen LogP contribution in [0.1, 0.15) is 19.4 Å². The summed E-state index contributed by atoms with van der Waals surface area (Å²) < 4.78 is 5.58. The van der Waals surface area contributed by atoms with Crippen LogP contribution in [-0.4, -0.2) is 12.1 Å². The highest BCUT2D eigenvalue weighted by Gasteiger charge is 2.41. The number of fused-ring (bicyclic) bond motifs is 3. The fraction of sp³-hybridized carbons (Fsp3) is 0.231. The highest BCUT2D eigenvalue weighted by atomic mass is 16.5. The predicted octanol–water partition coefficient (Wildman–Crippen LogP) is 1.79. The predicted molar refractivity (Wildman–Crippen MR) is 65.7 cm³/mol. The molecule has 0 aliphatic carbocycles. The fourth-order valence-electron chi connectivity index (χ4n) is 2.49. The summed E-state index contributed by atoms with van der Waals surface area (Å²) in [4.78, 5) is 0. The monoisotopic (exact) mass is 212 g/mol. The zero-order valence-electron chi connectivity index (χ0n) is 9.40. The molecule has 1 heterocycles. The first-order valence-corrected chi connectivity index (χ1v) is 5.47. The summed E-state index contributed by atoms with van der Waals surface area (Å²) in [5.41, 5.74) is 1.60. The molecule has 0 saturated heterocycles. The molecule has 16 heavy (non-hydrogen) atoms. The summed E-state index contributed by atoms with van der Waals surface area (Å²) in [6, 6.07) is 12.2. The third-order valence-corrected chi connectivity index (χ3v) is 3.27. The Morgan fingerprint density at radius 2 is 1.88 bits per heavy atom. The molecule has 3 heteroatoms. The molecule has 0 saturated carbocycles. The maximum absolute atomic E-state index is 9.99. The summed E-state index contributed by atoms with van der Waals surface area (Å²) in [6.45, 7) is 3.97. The van der Waals surface area contributed by atoms with Gasteiger partial charge in [0.1, 0.15) is 0 Å². The molecule has 0 fully saturated rings. The molecule has 2 aromatic rings. The Bertz CT molecular complexity index is 563. The molecule has 0 amide bonds. The van der Waals surface area contributed by atoms with E-state index in [0.717, 1.165) is 21.8 Å². The Hall–Kier alpha value is -1.32. The second-order valence-electron chi connectivity index (χ2n) is 4.73. The molecule has 0 atom stereocenters. The molecular weight excluding hydrogens is 199 g/mol. The Morgan fingerprint density at radius 3 is 2.69 bits per heavy atom. The van der Waals surface area contributed by atoms with Crippen molar-refractivity contribution in [3.63, 3.8) is 0 Å². The maximum atomic E-state index is 9.99. The van der Waals surface area contributed by atoms with Crippen molar-refractivity contribution in [2.45, 2.75) is 19.4 Å². The number of hydrogen-bond donors (Lipinski definition) is 1. The van der Waals surface area contributed by atoms with Gasteiger partial charge in [-0.1, -0.05) is 36.4 Å². The van der Waals surface area contributed by atoms with Crippen LogP contribution in [0.2, 0.25) is 0 Å². The third kappa shape index (κ3) is 1.22. The Balaban J connectivity index is 2.40. The molecule has 0 bridgehead atoms. The minimum absolute atomic E-state index is 0.404. The van der Waals surface area contributed by atoms with E-state index in [1.807, 2.05) is 44.2 Å². The van der Waals surface area contributed by atoms with Crippen molar-refractivity contribution < 1.29 is 9.68 Å². The molecule has 80 valence electrons. The van der Waals surface area contributed by atoms with Crippen LogP contribution in [0.3, 0.4) is 0 Å². The molecular formula is C13H13BO2. The third-order valence-electron chi connectivity index (χ3n) is 3.27. The van der Waals surface area contributed by atoms with Crippen molar-refractivity contribution in [1.29, 1.82) is 0 Å². The Kier molecular flexibility index (Phi) is 1.91. The number of rotatable bonds is 0. The molecule has 0 unspecified atom stereocenters. The average Bonchev–Trinajstić information content (AvgIpc) is 2.49. The molecule has 3 rings (SSSR count). The van der Waals surface area contributed by atoms with Crippen LogP contribution in [-0.2, 0) is 10.3 Å². The van der Waals surface area contributed by atoms with Gasteiger partial charge in [-0.25, -0.2) is 0 Å². The lowest BCUT2D eigenvalue weighted by atomic mass is 9.75. The van der Waals surface area contributed by atoms with Crippen molar-refractivity contribution >= 4 is 23.4 Å². The van der Waals surface area contributed by atoms with E-state index in [1.54, 1.807) is 0 Å². The minimum atomic E-state index is -0.809. The molecule has 2 nitrogen and oxygen atoms in total. The number of benzene rings is 2. The van der Waals surface area contributed by atoms with Gasteiger partial charge in [-0.3, -0.25) is 0 Å². The zero-order valence-corrected chi connectivity index (χ0v) is 9.40. The van der Waals surface area contributed by atoms with E-state index in [1.165, 1.54) is 0 Å². The van der Waals surface area contributed by atoms with Gasteiger partial charge in [-0.05, 0) is 35.6 Å². The second kappa shape index (κ2) is 3.09. The molecule has 0 spiro atoms. The van der Waals surface area contributed by atoms with E-state index in [2.05, 4.69) is 6.07 Å². The van der Waals surface area contributed by atoms with Gasteiger partial charge in [-0.2, -0.15) is 0 Å². The smallest absolute Gasteiger partial charge is 0.423 e. The topological polar surface area (TPSA) is 29.5 Å². The van der Waals surface area contributed by atoms with Gasteiger partial charge in [0, 0.05) is 0 Å². The lowest BCUT2D eigenvalue weighted by Gasteiger charge is -2.19. The highest BCUT2D eigenvalue weighted by Crippen LogP contribution is 2.32. The van der Waals surface area contributed by atoms with E-state index in [-0.39, 0.29) is 0 Å².